The fraction of sp³-hybridized carbons (Fsp3) is 0.250. The highest BCUT2D eigenvalue weighted by atomic mass is 16.6. The Balaban J connectivity index is 3.50. The smallest absolute Gasteiger partial charge is 0.306 e. The average molecular weight is 272 g/mol. The molecule has 0 fully saturated rings. The lowest BCUT2D eigenvalue weighted by Crippen LogP contribution is -2.10. The molecule has 0 aliphatic heterocycles. The van der Waals surface area contributed by atoms with Gasteiger partial charge in [-0.1, -0.05) is 0 Å². The first kappa shape index (κ1) is 14.2. The van der Waals surface area contributed by atoms with Gasteiger partial charge in [0.2, 0.25) is 0 Å². The summed E-state index contributed by atoms with van der Waals surface area (Å²) < 4.78 is 0. The number of hydrogen-bond donors (Lipinski definition) is 2. The van der Waals surface area contributed by atoms with Gasteiger partial charge >= 0.3 is 11.4 Å². The van der Waals surface area contributed by atoms with Crippen LogP contribution in [0, 0.1) is 30.3 Å². The number of rotatable bonds is 6. The molecule has 102 valence electrons. The number of nitrogens with zero attached hydrogens (tertiary/aromatic N) is 3. The minimum absolute atomic E-state index is 0.167. The average Bonchev–Trinajstić information content (AvgIpc) is 2.34. The Hall–Kier alpha value is -2.82. The summed E-state index contributed by atoms with van der Waals surface area (Å²) in [5, 5.41) is 43.1. The van der Waals surface area contributed by atoms with Gasteiger partial charge in [-0.2, -0.15) is 0 Å². The molecule has 0 amide bonds. The van der Waals surface area contributed by atoms with Crippen LogP contribution < -0.4 is 5.32 Å². The minimum atomic E-state index is -0.973. The Morgan fingerprint density at radius 3 is 1.79 bits per heavy atom. The summed E-state index contributed by atoms with van der Waals surface area (Å²) in [6, 6.07) is 1.24. The highest BCUT2D eigenvalue weighted by Crippen LogP contribution is 2.38. The summed E-state index contributed by atoms with van der Waals surface area (Å²) in [7, 11) is 0. The topological polar surface area (TPSA) is 162 Å². The summed E-state index contributed by atoms with van der Waals surface area (Å²) in [6.45, 7) is -0.579. The molecule has 11 heteroatoms. The van der Waals surface area contributed by atoms with Gasteiger partial charge in [0.25, 0.3) is 5.69 Å². The van der Waals surface area contributed by atoms with Gasteiger partial charge in [-0.3, -0.25) is 30.3 Å². The first-order chi connectivity index (χ1) is 8.88. The number of nitro groups is 3. The molecule has 2 N–H and O–H groups in total. The van der Waals surface area contributed by atoms with Crippen LogP contribution in [0.2, 0.25) is 0 Å². The van der Waals surface area contributed by atoms with Crippen molar-refractivity contribution in [2.45, 2.75) is 0 Å². The number of nitro benzene ring substituents is 3. The fourth-order valence-corrected chi connectivity index (χ4v) is 1.35. The second-order valence-electron chi connectivity index (χ2n) is 3.28. The summed E-state index contributed by atoms with van der Waals surface area (Å²) in [4.78, 5) is 29.3. The standard InChI is InChI=1S/C8H8N4O7/c13-2-1-9-8-6(11(16)17)3-5(10(14)15)4-7(8)12(18)19/h3-4,9,13H,1-2H2. The molecule has 0 saturated carbocycles. The number of aliphatic hydroxyl groups excluding tert-OH is 1. The molecule has 0 bridgehead atoms. The third kappa shape index (κ3) is 3.10. The molecule has 0 atom stereocenters. The van der Waals surface area contributed by atoms with E-state index in [-0.39, 0.29) is 6.54 Å². The first-order valence-corrected chi connectivity index (χ1v) is 4.84. The maximum absolute atomic E-state index is 10.8. The number of anilines is 1. The van der Waals surface area contributed by atoms with Crippen LogP contribution >= 0.6 is 0 Å². The largest absolute Gasteiger partial charge is 0.395 e. The van der Waals surface area contributed by atoms with Crippen LogP contribution in [-0.2, 0) is 0 Å². The molecule has 0 radical (unpaired) electrons. The zero-order valence-electron chi connectivity index (χ0n) is 9.31. The van der Waals surface area contributed by atoms with E-state index in [9.17, 15) is 30.3 Å². The first-order valence-electron chi connectivity index (χ1n) is 4.84. The third-order valence-corrected chi connectivity index (χ3v) is 2.10. The van der Waals surface area contributed by atoms with Gasteiger partial charge in [0.05, 0.1) is 33.5 Å². The summed E-state index contributed by atoms with van der Waals surface area (Å²) in [5.74, 6) is 0. The third-order valence-electron chi connectivity index (χ3n) is 2.10. The second kappa shape index (κ2) is 5.68. The van der Waals surface area contributed by atoms with E-state index < -0.39 is 44.1 Å². The molecule has 19 heavy (non-hydrogen) atoms. The summed E-state index contributed by atoms with van der Waals surface area (Å²) in [6.07, 6.45) is 0. The molecule has 0 saturated heterocycles. The molecule has 0 spiro atoms. The Bertz CT molecular complexity index is 509. The molecule has 1 aromatic rings. The maximum Gasteiger partial charge on any atom is 0.306 e. The maximum atomic E-state index is 10.8. The number of aliphatic hydroxyl groups is 1. The van der Waals surface area contributed by atoms with Crippen LogP contribution in [0.15, 0.2) is 12.1 Å². The van der Waals surface area contributed by atoms with E-state index in [4.69, 9.17) is 5.11 Å². The van der Waals surface area contributed by atoms with Crippen molar-refractivity contribution in [2.75, 3.05) is 18.5 Å². The Kier molecular flexibility index (Phi) is 4.26. The lowest BCUT2D eigenvalue weighted by Gasteiger charge is -2.06. The summed E-state index contributed by atoms with van der Waals surface area (Å²) >= 11 is 0. The molecule has 1 rings (SSSR count). The molecule has 11 nitrogen and oxygen atoms in total. The molecule has 0 aliphatic carbocycles. The predicted molar refractivity (Wildman–Crippen MR) is 62.0 cm³/mol. The molecule has 0 aliphatic rings. The lowest BCUT2D eigenvalue weighted by molar-refractivity contribution is -0.401. The Morgan fingerprint density at radius 2 is 1.47 bits per heavy atom. The molecular formula is C8H8N4O7. The van der Waals surface area contributed by atoms with Gasteiger partial charge in [0.1, 0.15) is 0 Å². The number of hydrogen-bond acceptors (Lipinski definition) is 8. The molecular weight excluding hydrogens is 264 g/mol. The van der Waals surface area contributed by atoms with Gasteiger partial charge in [-0.25, -0.2) is 0 Å². The van der Waals surface area contributed by atoms with Crippen LogP contribution in [0.5, 0.6) is 0 Å². The van der Waals surface area contributed by atoms with Crippen LogP contribution in [0.4, 0.5) is 22.7 Å². The lowest BCUT2D eigenvalue weighted by atomic mass is 10.2. The van der Waals surface area contributed by atoms with Gasteiger partial charge in [-0.15, -0.1) is 0 Å². The van der Waals surface area contributed by atoms with Crippen molar-refractivity contribution in [3.63, 3.8) is 0 Å². The van der Waals surface area contributed by atoms with Crippen LogP contribution in [0.1, 0.15) is 0 Å². The van der Waals surface area contributed by atoms with Crippen molar-refractivity contribution in [1.82, 2.24) is 0 Å². The van der Waals surface area contributed by atoms with Crippen molar-refractivity contribution in [2.24, 2.45) is 0 Å². The Labute approximate surface area is 104 Å². The van der Waals surface area contributed by atoms with Crippen molar-refractivity contribution < 1.29 is 19.9 Å². The zero-order valence-corrected chi connectivity index (χ0v) is 9.31. The highest BCUT2D eigenvalue weighted by molar-refractivity contribution is 5.77. The van der Waals surface area contributed by atoms with E-state index in [0.717, 1.165) is 0 Å². The van der Waals surface area contributed by atoms with Gasteiger partial charge in [0, 0.05) is 6.54 Å². The zero-order chi connectivity index (χ0) is 14.6. The highest BCUT2D eigenvalue weighted by Gasteiger charge is 2.30. The molecule has 0 aromatic heterocycles. The normalized spacial score (nSPS) is 9.95. The van der Waals surface area contributed by atoms with E-state index in [2.05, 4.69) is 5.32 Å². The van der Waals surface area contributed by atoms with E-state index in [1.807, 2.05) is 0 Å². The van der Waals surface area contributed by atoms with Gasteiger partial charge < -0.3 is 10.4 Å². The number of non-ortho nitro benzene ring substituents is 1. The fourth-order valence-electron chi connectivity index (χ4n) is 1.35. The van der Waals surface area contributed by atoms with Crippen LogP contribution in [-0.4, -0.2) is 33.0 Å². The minimum Gasteiger partial charge on any atom is -0.395 e. The number of benzene rings is 1. The van der Waals surface area contributed by atoms with Crippen molar-refractivity contribution >= 4 is 22.7 Å². The van der Waals surface area contributed by atoms with E-state index in [0.29, 0.717) is 12.1 Å². The van der Waals surface area contributed by atoms with Gasteiger partial charge in [0.15, 0.2) is 5.69 Å². The van der Waals surface area contributed by atoms with Crippen molar-refractivity contribution in [3.05, 3.63) is 42.5 Å². The second-order valence-corrected chi connectivity index (χ2v) is 3.28. The van der Waals surface area contributed by atoms with Gasteiger partial charge in [-0.05, 0) is 0 Å². The summed E-state index contributed by atoms with van der Waals surface area (Å²) in [5.41, 5.74) is -2.83. The molecule has 0 heterocycles. The van der Waals surface area contributed by atoms with E-state index in [1.165, 1.54) is 0 Å². The van der Waals surface area contributed by atoms with E-state index >= 15 is 0 Å². The Morgan fingerprint density at radius 1 is 1.00 bits per heavy atom. The predicted octanol–water partition coefficient (Wildman–Crippen LogP) is 0.815. The monoisotopic (exact) mass is 272 g/mol. The molecule has 0 unspecified atom stereocenters. The number of nitrogens with one attached hydrogen (secondary N) is 1. The van der Waals surface area contributed by atoms with Crippen molar-refractivity contribution in [3.8, 4) is 0 Å². The van der Waals surface area contributed by atoms with Crippen LogP contribution in [0.25, 0.3) is 0 Å². The quantitative estimate of drug-likeness (QED) is 0.567. The molecule has 1 aromatic carbocycles. The van der Waals surface area contributed by atoms with E-state index in [1.54, 1.807) is 0 Å². The SMILES string of the molecule is O=[N+]([O-])c1cc([N+](=O)[O-])c(NCCO)c([N+](=O)[O-])c1. The van der Waals surface area contributed by atoms with Crippen molar-refractivity contribution in [1.29, 1.82) is 0 Å². The van der Waals surface area contributed by atoms with Crippen LogP contribution in [0.3, 0.4) is 0 Å².